The average molecular weight is 266 g/mol. The van der Waals surface area contributed by atoms with Crippen molar-refractivity contribution in [2.24, 2.45) is 11.8 Å². The van der Waals surface area contributed by atoms with E-state index in [2.05, 4.69) is 36.4 Å². The van der Waals surface area contributed by atoms with Gasteiger partial charge in [-0.05, 0) is 31.1 Å². The number of hydrogen-bond donors (Lipinski definition) is 0. The Hall–Kier alpha value is 0.730. The predicted octanol–water partition coefficient (Wildman–Crippen LogP) is 4.03. The molecule has 11 heavy (non-hydrogen) atoms. The van der Waals surface area contributed by atoms with Crippen LogP contribution in [-0.4, -0.2) is 3.92 Å². The molecule has 0 heterocycles. The molecule has 2 atom stereocenters. The molecule has 0 aromatic heterocycles. The minimum Gasteiger partial charge on any atom is -0.0826 e. The molecule has 1 rings (SSSR count). The van der Waals surface area contributed by atoms with Gasteiger partial charge in [-0.15, -0.1) is 0 Å². The van der Waals surface area contributed by atoms with Crippen LogP contribution in [0.3, 0.4) is 0 Å². The Kier molecular flexibility index (Phi) is 4.18. The lowest BCUT2D eigenvalue weighted by molar-refractivity contribution is 0.316. The van der Waals surface area contributed by atoms with E-state index >= 15 is 0 Å². The molecule has 66 valence electrons. The highest BCUT2D eigenvalue weighted by Crippen LogP contribution is 2.32. The summed E-state index contributed by atoms with van der Waals surface area (Å²) < 4.78 is 0.977. The summed E-state index contributed by atoms with van der Waals surface area (Å²) in [5, 5.41) is 0. The highest BCUT2D eigenvalue weighted by atomic mass is 127. The number of hydrogen-bond acceptors (Lipinski definition) is 0. The van der Waals surface area contributed by atoms with Crippen molar-refractivity contribution in [3.8, 4) is 0 Å². The van der Waals surface area contributed by atoms with E-state index in [1.807, 2.05) is 0 Å². The molecule has 0 bridgehead atoms. The molecule has 0 radical (unpaired) electrons. The average Bonchev–Trinajstić information content (AvgIpc) is 1.85. The van der Waals surface area contributed by atoms with Crippen LogP contribution in [0.15, 0.2) is 0 Å². The summed E-state index contributed by atoms with van der Waals surface area (Å²) in [5.41, 5.74) is 0. The summed E-state index contributed by atoms with van der Waals surface area (Å²) in [6, 6.07) is 0. The second-order valence-corrected chi connectivity index (χ2v) is 6.02. The summed E-state index contributed by atoms with van der Waals surface area (Å²) in [7, 11) is 0. The van der Waals surface area contributed by atoms with Gasteiger partial charge in [-0.2, -0.15) is 0 Å². The van der Waals surface area contributed by atoms with Crippen molar-refractivity contribution in [3.05, 3.63) is 0 Å². The van der Waals surface area contributed by atoms with E-state index in [9.17, 15) is 0 Å². The van der Waals surface area contributed by atoms with Crippen LogP contribution in [0.25, 0.3) is 0 Å². The SMILES string of the molecule is CC(C)CC1CCCC(I)C1. The highest BCUT2D eigenvalue weighted by molar-refractivity contribution is 14.1. The molecule has 0 N–H and O–H groups in total. The highest BCUT2D eigenvalue weighted by Gasteiger charge is 2.20. The largest absolute Gasteiger partial charge is 0.0826 e. The van der Waals surface area contributed by atoms with E-state index in [1.165, 1.54) is 32.1 Å². The van der Waals surface area contributed by atoms with Gasteiger partial charge in [0.2, 0.25) is 0 Å². The van der Waals surface area contributed by atoms with Gasteiger partial charge in [-0.3, -0.25) is 0 Å². The van der Waals surface area contributed by atoms with E-state index in [0.717, 1.165) is 15.8 Å². The van der Waals surface area contributed by atoms with Crippen LogP contribution < -0.4 is 0 Å². The summed E-state index contributed by atoms with van der Waals surface area (Å²) in [5.74, 6) is 1.95. The van der Waals surface area contributed by atoms with Crippen molar-refractivity contribution < 1.29 is 0 Å². The maximum atomic E-state index is 2.62. The zero-order valence-corrected chi connectivity index (χ0v) is 9.80. The van der Waals surface area contributed by atoms with Crippen molar-refractivity contribution in [2.75, 3.05) is 0 Å². The molecule has 1 fully saturated rings. The fourth-order valence-electron chi connectivity index (χ4n) is 2.11. The van der Waals surface area contributed by atoms with Gasteiger partial charge >= 0.3 is 0 Å². The molecule has 2 unspecified atom stereocenters. The molecule has 0 nitrogen and oxygen atoms in total. The molecule has 1 saturated carbocycles. The monoisotopic (exact) mass is 266 g/mol. The van der Waals surface area contributed by atoms with E-state index in [1.54, 1.807) is 0 Å². The second kappa shape index (κ2) is 4.68. The van der Waals surface area contributed by atoms with Crippen LogP contribution in [0.4, 0.5) is 0 Å². The number of rotatable bonds is 2. The first-order valence-corrected chi connectivity index (χ1v) is 6.07. The standard InChI is InChI=1S/C10H19I/c1-8(2)6-9-4-3-5-10(11)7-9/h8-10H,3-7H2,1-2H3. The first-order chi connectivity index (χ1) is 5.18. The molecular weight excluding hydrogens is 247 g/mol. The second-order valence-electron chi connectivity index (χ2n) is 4.26. The van der Waals surface area contributed by atoms with Gasteiger partial charge in [-0.25, -0.2) is 0 Å². The van der Waals surface area contributed by atoms with Gasteiger partial charge in [0, 0.05) is 3.92 Å². The molecule has 1 aliphatic carbocycles. The Bertz CT molecular complexity index is 107. The first-order valence-electron chi connectivity index (χ1n) is 4.82. The Morgan fingerprint density at radius 1 is 1.36 bits per heavy atom. The van der Waals surface area contributed by atoms with Crippen LogP contribution in [0, 0.1) is 11.8 Å². The van der Waals surface area contributed by atoms with Crippen LogP contribution in [0.1, 0.15) is 46.0 Å². The van der Waals surface area contributed by atoms with Crippen molar-refractivity contribution in [2.45, 2.75) is 49.9 Å². The minimum absolute atomic E-state index is 0.904. The van der Waals surface area contributed by atoms with E-state index < -0.39 is 0 Å². The van der Waals surface area contributed by atoms with Crippen LogP contribution in [0.2, 0.25) is 0 Å². The molecule has 1 heteroatoms. The normalized spacial score (nSPS) is 32.7. The zero-order valence-electron chi connectivity index (χ0n) is 7.65. The van der Waals surface area contributed by atoms with Crippen LogP contribution in [0.5, 0.6) is 0 Å². The number of alkyl halides is 1. The number of halogens is 1. The molecule has 0 aliphatic heterocycles. The van der Waals surface area contributed by atoms with Gasteiger partial charge in [-0.1, -0.05) is 49.3 Å². The Balaban J connectivity index is 2.23. The summed E-state index contributed by atoms with van der Waals surface area (Å²) in [6.07, 6.45) is 7.38. The van der Waals surface area contributed by atoms with E-state index in [-0.39, 0.29) is 0 Å². The fourth-order valence-corrected chi connectivity index (χ4v) is 3.27. The molecule has 0 aromatic rings. The molecule has 0 saturated heterocycles. The summed E-state index contributed by atoms with van der Waals surface area (Å²) in [6.45, 7) is 4.69. The van der Waals surface area contributed by atoms with Gasteiger partial charge in [0.1, 0.15) is 0 Å². The van der Waals surface area contributed by atoms with Gasteiger partial charge in [0.05, 0.1) is 0 Å². The maximum absolute atomic E-state index is 2.62. The third kappa shape index (κ3) is 3.77. The lowest BCUT2D eigenvalue weighted by atomic mass is 9.84. The van der Waals surface area contributed by atoms with Crippen molar-refractivity contribution >= 4 is 22.6 Å². The van der Waals surface area contributed by atoms with Gasteiger partial charge < -0.3 is 0 Å². The predicted molar refractivity (Wildman–Crippen MR) is 59.2 cm³/mol. The quantitative estimate of drug-likeness (QED) is 0.523. The van der Waals surface area contributed by atoms with Crippen molar-refractivity contribution in [1.82, 2.24) is 0 Å². The van der Waals surface area contributed by atoms with E-state index in [4.69, 9.17) is 0 Å². The lowest BCUT2D eigenvalue weighted by Crippen LogP contribution is -2.16. The molecule has 0 aromatic carbocycles. The van der Waals surface area contributed by atoms with Crippen LogP contribution in [-0.2, 0) is 0 Å². The lowest BCUT2D eigenvalue weighted by Gasteiger charge is -2.26. The maximum Gasteiger partial charge on any atom is 0.0112 e. The summed E-state index contributed by atoms with van der Waals surface area (Å²) in [4.78, 5) is 0. The van der Waals surface area contributed by atoms with Crippen molar-refractivity contribution in [1.29, 1.82) is 0 Å². The van der Waals surface area contributed by atoms with E-state index in [0.29, 0.717) is 0 Å². The summed E-state index contributed by atoms with van der Waals surface area (Å²) >= 11 is 2.62. The molecule has 1 aliphatic rings. The van der Waals surface area contributed by atoms with Crippen molar-refractivity contribution in [3.63, 3.8) is 0 Å². The molecule has 0 spiro atoms. The Morgan fingerprint density at radius 3 is 2.64 bits per heavy atom. The van der Waals surface area contributed by atoms with Gasteiger partial charge in [0.25, 0.3) is 0 Å². The zero-order chi connectivity index (χ0) is 8.27. The first kappa shape index (κ1) is 9.82. The Labute approximate surface area is 84.3 Å². The molecule has 0 amide bonds. The minimum atomic E-state index is 0.904. The van der Waals surface area contributed by atoms with Gasteiger partial charge in [0.15, 0.2) is 0 Å². The smallest absolute Gasteiger partial charge is 0.0112 e. The fraction of sp³-hybridized carbons (Fsp3) is 1.00. The van der Waals surface area contributed by atoms with Crippen LogP contribution >= 0.6 is 22.6 Å². The third-order valence-electron chi connectivity index (χ3n) is 2.52. The topological polar surface area (TPSA) is 0 Å². The Morgan fingerprint density at radius 2 is 2.09 bits per heavy atom. The molecular formula is C10H19I. The third-order valence-corrected chi connectivity index (χ3v) is 3.65.